The zero-order chi connectivity index (χ0) is 16.9. The van der Waals surface area contributed by atoms with Gasteiger partial charge in [-0.25, -0.2) is 0 Å². The number of primary amides is 1. The van der Waals surface area contributed by atoms with E-state index in [0.29, 0.717) is 24.0 Å². The zero-order valence-corrected chi connectivity index (χ0v) is 14.3. The molecule has 0 saturated carbocycles. The molecular weight excluding hydrogens is 349 g/mol. The first kappa shape index (κ1) is 18.8. The van der Waals surface area contributed by atoms with E-state index >= 15 is 0 Å². The number of hydrogen-bond donors (Lipinski definition) is 1. The first-order valence-corrected chi connectivity index (χ1v) is 7.82. The van der Waals surface area contributed by atoms with Crippen LogP contribution in [0.4, 0.5) is 0 Å². The molecular formula is C15H16Cl3NO3. The Morgan fingerprint density at radius 1 is 1.32 bits per heavy atom. The molecule has 0 fully saturated rings. The van der Waals surface area contributed by atoms with Crippen LogP contribution < -0.4 is 10.5 Å². The Labute approximate surface area is 144 Å². The summed E-state index contributed by atoms with van der Waals surface area (Å²) in [6, 6.07) is 1.55. The second kappa shape index (κ2) is 8.42. The second-order valence-electron chi connectivity index (χ2n) is 4.52. The minimum atomic E-state index is -0.648. The topological polar surface area (TPSA) is 69.4 Å². The summed E-state index contributed by atoms with van der Waals surface area (Å²) in [4.78, 5) is 23.2. The maximum Gasteiger partial charge on any atom is 0.255 e. The number of benzene rings is 1. The molecule has 22 heavy (non-hydrogen) atoms. The summed E-state index contributed by atoms with van der Waals surface area (Å²) >= 11 is 18.1. The quantitative estimate of drug-likeness (QED) is 0.433. The molecule has 7 heteroatoms. The van der Waals surface area contributed by atoms with E-state index in [1.807, 2.05) is 6.92 Å². The maximum absolute atomic E-state index is 12.4. The molecule has 2 N–H and O–H groups in total. The normalized spacial score (nSPS) is 10.4. The summed E-state index contributed by atoms with van der Waals surface area (Å²) in [5.41, 5.74) is 6.31. The largest absolute Gasteiger partial charge is 0.482 e. The zero-order valence-electron chi connectivity index (χ0n) is 12.0. The molecule has 0 aliphatic rings. The van der Waals surface area contributed by atoms with Gasteiger partial charge in [-0.1, -0.05) is 36.7 Å². The summed E-state index contributed by atoms with van der Waals surface area (Å²) in [6.45, 7) is 5.21. The number of Topliss-reactive ketones (excluding diaryl/α,β-unsaturated/α-hetero) is 1. The van der Waals surface area contributed by atoms with E-state index in [2.05, 4.69) is 6.58 Å². The van der Waals surface area contributed by atoms with Crippen LogP contribution in [0.2, 0.25) is 10.0 Å². The number of halogens is 3. The third-order valence-electron chi connectivity index (χ3n) is 2.96. The fraction of sp³-hybridized carbons (Fsp3) is 0.333. The van der Waals surface area contributed by atoms with Crippen LogP contribution >= 0.6 is 34.8 Å². The highest BCUT2D eigenvalue weighted by molar-refractivity contribution is 6.45. The predicted octanol–water partition coefficient (Wildman–Crippen LogP) is 3.79. The number of nitrogens with two attached hydrogens (primary N) is 1. The van der Waals surface area contributed by atoms with Crippen molar-refractivity contribution in [1.82, 2.24) is 0 Å². The Kier molecular flexibility index (Phi) is 7.20. The number of aryl methyl sites for hydroxylation is 1. The summed E-state index contributed by atoms with van der Waals surface area (Å²) in [6.07, 6.45) is 0.885. The number of ether oxygens (including phenoxy) is 1. The van der Waals surface area contributed by atoms with Gasteiger partial charge in [-0.05, 0) is 30.0 Å². The summed E-state index contributed by atoms with van der Waals surface area (Å²) in [5, 5.41) is 0.108. The van der Waals surface area contributed by atoms with Gasteiger partial charge >= 0.3 is 0 Å². The first-order valence-electron chi connectivity index (χ1n) is 6.53. The number of allylic oxidation sites excluding steroid dienone is 1. The lowest BCUT2D eigenvalue weighted by Crippen LogP contribution is -2.20. The molecule has 0 aromatic heterocycles. The minimum Gasteiger partial charge on any atom is -0.482 e. The van der Waals surface area contributed by atoms with Gasteiger partial charge in [0.15, 0.2) is 12.4 Å². The van der Waals surface area contributed by atoms with E-state index in [9.17, 15) is 9.59 Å². The van der Waals surface area contributed by atoms with Gasteiger partial charge in [-0.3, -0.25) is 9.59 Å². The second-order valence-corrected chi connectivity index (χ2v) is 5.65. The monoisotopic (exact) mass is 363 g/mol. The molecule has 0 bridgehead atoms. The molecule has 1 amide bonds. The third kappa shape index (κ3) is 4.38. The standard InChI is InChI=1S/C15H16Cl3NO3/c1-3-8(2)15(21)12-9(4-5-16)6-10(13(17)14(12)18)22-7-11(19)20/h6H,2-5,7H2,1H3,(H2,19,20). The molecule has 0 aliphatic heterocycles. The van der Waals surface area contributed by atoms with E-state index in [-0.39, 0.29) is 39.6 Å². The van der Waals surface area contributed by atoms with Crippen molar-refractivity contribution in [3.63, 3.8) is 0 Å². The van der Waals surface area contributed by atoms with Gasteiger partial charge < -0.3 is 10.5 Å². The van der Waals surface area contributed by atoms with E-state index in [1.54, 1.807) is 6.07 Å². The number of carbonyl (C=O) groups is 2. The summed E-state index contributed by atoms with van der Waals surface area (Å²) < 4.78 is 5.22. The lowest BCUT2D eigenvalue weighted by Gasteiger charge is -2.16. The molecule has 0 heterocycles. The van der Waals surface area contributed by atoms with Gasteiger partial charge in [-0.15, -0.1) is 11.6 Å². The van der Waals surface area contributed by atoms with Crippen molar-refractivity contribution >= 4 is 46.5 Å². The number of alkyl halides is 1. The minimum absolute atomic E-state index is 0.0495. The number of hydrogen-bond acceptors (Lipinski definition) is 3. The predicted molar refractivity (Wildman–Crippen MR) is 89.3 cm³/mol. The Morgan fingerprint density at radius 2 is 1.95 bits per heavy atom. The van der Waals surface area contributed by atoms with E-state index < -0.39 is 5.91 Å². The van der Waals surface area contributed by atoms with Crippen LogP contribution in [0.5, 0.6) is 5.75 Å². The summed E-state index contributed by atoms with van der Waals surface area (Å²) in [5.74, 6) is -0.461. The van der Waals surface area contributed by atoms with Gasteiger partial charge in [-0.2, -0.15) is 0 Å². The maximum atomic E-state index is 12.4. The lowest BCUT2D eigenvalue weighted by molar-refractivity contribution is -0.119. The van der Waals surface area contributed by atoms with Crippen molar-refractivity contribution in [3.8, 4) is 5.75 Å². The van der Waals surface area contributed by atoms with Crippen molar-refractivity contribution < 1.29 is 14.3 Å². The third-order valence-corrected chi connectivity index (χ3v) is 4.00. The SMILES string of the molecule is C=C(CC)C(=O)c1c(CCCl)cc(OCC(N)=O)c(Cl)c1Cl. The van der Waals surface area contributed by atoms with E-state index in [0.717, 1.165) is 0 Å². The van der Waals surface area contributed by atoms with Crippen LogP contribution in [0.1, 0.15) is 29.3 Å². The number of carbonyl (C=O) groups excluding carboxylic acids is 2. The highest BCUT2D eigenvalue weighted by atomic mass is 35.5. The van der Waals surface area contributed by atoms with E-state index in [1.165, 1.54) is 0 Å². The smallest absolute Gasteiger partial charge is 0.255 e. The molecule has 0 spiro atoms. The Hall–Kier alpha value is -1.23. The number of rotatable bonds is 8. The number of ketones is 1. The van der Waals surface area contributed by atoms with Crippen LogP contribution in [0.3, 0.4) is 0 Å². The molecule has 4 nitrogen and oxygen atoms in total. The molecule has 0 saturated heterocycles. The van der Waals surface area contributed by atoms with Crippen LogP contribution in [-0.2, 0) is 11.2 Å². The fourth-order valence-electron chi connectivity index (χ4n) is 1.79. The Balaban J connectivity index is 3.38. The Morgan fingerprint density at radius 3 is 2.45 bits per heavy atom. The van der Waals surface area contributed by atoms with Gasteiger partial charge in [0.25, 0.3) is 5.91 Å². The van der Waals surface area contributed by atoms with Crippen molar-refractivity contribution in [2.75, 3.05) is 12.5 Å². The van der Waals surface area contributed by atoms with Crippen LogP contribution in [0.25, 0.3) is 0 Å². The molecule has 120 valence electrons. The van der Waals surface area contributed by atoms with Crippen molar-refractivity contribution in [2.45, 2.75) is 19.8 Å². The van der Waals surface area contributed by atoms with Gasteiger partial charge in [0.1, 0.15) is 10.8 Å². The molecule has 1 aromatic rings. The van der Waals surface area contributed by atoms with Crippen molar-refractivity contribution in [1.29, 1.82) is 0 Å². The Bertz CT molecular complexity index is 615. The average Bonchev–Trinajstić information content (AvgIpc) is 2.48. The van der Waals surface area contributed by atoms with E-state index in [4.69, 9.17) is 45.3 Å². The molecule has 0 unspecified atom stereocenters. The fourth-order valence-corrected chi connectivity index (χ4v) is 2.50. The van der Waals surface area contributed by atoms with Gasteiger partial charge in [0.05, 0.1) is 5.02 Å². The summed E-state index contributed by atoms with van der Waals surface area (Å²) in [7, 11) is 0. The highest BCUT2D eigenvalue weighted by Crippen LogP contribution is 2.38. The van der Waals surface area contributed by atoms with Gasteiger partial charge in [0.2, 0.25) is 0 Å². The van der Waals surface area contributed by atoms with Crippen LogP contribution in [0, 0.1) is 0 Å². The molecule has 1 aromatic carbocycles. The van der Waals surface area contributed by atoms with Crippen molar-refractivity contribution in [3.05, 3.63) is 39.4 Å². The van der Waals surface area contributed by atoms with Crippen LogP contribution in [-0.4, -0.2) is 24.2 Å². The van der Waals surface area contributed by atoms with Crippen molar-refractivity contribution in [2.24, 2.45) is 5.73 Å². The van der Waals surface area contributed by atoms with Gasteiger partial charge in [0, 0.05) is 11.4 Å². The average molecular weight is 365 g/mol. The highest BCUT2D eigenvalue weighted by Gasteiger charge is 2.23. The lowest BCUT2D eigenvalue weighted by atomic mass is 9.96. The molecule has 0 aliphatic carbocycles. The molecule has 1 rings (SSSR count). The number of amides is 1. The first-order chi connectivity index (χ1) is 10.3. The molecule has 0 atom stereocenters. The molecule has 0 radical (unpaired) electrons. The van der Waals surface area contributed by atoms with Crippen LogP contribution in [0.15, 0.2) is 18.2 Å².